The highest BCUT2D eigenvalue weighted by Crippen LogP contribution is 2.58. The van der Waals surface area contributed by atoms with Gasteiger partial charge in [0.05, 0.1) is 0 Å². The van der Waals surface area contributed by atoms with E-state index in [9.17, 15) is 0 Å². The first-order valence-corrected chi connectivity index (χ1v) is 13.6. The molecule has 0 aromatic heterocycles. The highest BCUT2D eigenvalue weighted by molar-refractivity contribution is 8.93. The lowest BCUT2D eigenvalue weighted by Crippen LogP contribution is -2.07. The van der Waals surface area contributed by atoms with E-state index >= 15 is 0 Å². The third kappa shape index (κ3) is 15.2. The van der Waals surface area contributed by atoms with E-state index in [2.05, 4.69) is 27.7 Å². The summed E-state index contributed by atoms with van der Waals surface area (Å²) >= 11 is 0. The van der Waals surface area contributed by atoms with Crippen LogP contribution in [-0.2, 0) is 0 Å². The van der Waals surface area contributed by atoms with Crippen molar-refractivity contribution in [1.82, 2.24) is 0 Å². The van der Waals surface area contributed by atoms with Crippen LogP contribution in [0.3, 0.4) is 0 Å². The van der Waals surface area contributed by atoms with Crippen LogP contribution in [0.4, 0.5) is 0 Å². The SMILES string of the molecule is Br.CCCCCCCCCCCCCCCC[P](CC)(CC)CC. The zero-order chi connectivity index (χ0) is 17.2. The van der Waals surface area contributed by atoms with Crippen LogP contribution in [0.15, 0.2) is 0 Å². The molecule has 0 aromatic carbocycles. The highest BCUT2D eigenvalue weighted by atomic mass is 79.9. The summed E-state index contributed by atoms with van der Waals surface area (Å²) in [7, 11) is -0.523. The first-order chi connectivity index (χ1) is 11.2. The van der Waals surface area contributed by atoms with E-state index in [0.717, 1.165) is 0 Å². The molecular weight excluding hydrogens is 375 g/mol. The van der Waals surface area contributed by atoms with E-state index in [1.807, 2.05) is 0 Å². The summed E-state index contributed by atoms with van der Waals surface area (Å²) in [6.07, 6.45) is 26.7. The maximum Gasteiger partial charge on any atom is -0.0359 e. The Balaban J connectivity index is 0. The second kappa shape index (κ2) is 20.2. The van der Waals surface area contributed by atoms with Crippen LogP contribution >= 0.6 is 24.2 Å². The molecule has 0 rings (SSSR count). The zero-order valence-corrected chi connectivity index (χ0v) is 20.2. The number of hydrogen-bond donors (Lipinski definition) is 0. The summed E-state index contributed by atoms with van der Waals surface area (Å²) in [6, 6.07) is 0. The second-order valence-corrected chi connectivity index (χ2v) is 12.6. The lowest BCUT2D eigenvalue weighted by molar-refractivity contribution is 0.538. The normalized spacial score (nSPS) is 11.5. The van der Waals surface area contributed by atoms with E-state index in [1.54, 1.807) is 6.16 Å². The molecule has 0 N–H and O–H groups in total. The lowest BCUT2D eigenvalue weighted by Gasteiger charge is -2.33. The molecule has 0 heterocycles. The molecule has 0 unspecified atom stereocenters. The molecule has 149 valence electrons. The van der Waals surface area contributed by atoms with Crippen molar-refractivity contribution in [2.45, 2.75) is 118 Å². The first kappa shape index (κ1) is 27.1. The first-order valence-electron chi connectivity index (χ1n) is 11.1. The van der Waals surface area contributed by atoms with Gasteiger partial charge in [0.2, 0.25) is 0 Å². The Labute approximate surface area is 166 Å². The summed E-state index contributed by atoms with van der Waals surface area (Å²) in [5.74, 6) is 0. The van der Waals surface area contributed by atoms with Crippen molar-refractivity contribution in [1.29, 1.82) is 0 Å². The summed E-state index contributed by atoms with van der Waals surface area (Å²) in [6.45, 7) is 9.61. The van der Waals surface area contributed by atoms with Crippen molar-refractivity contribution in [3.63, 3.8) is 0 Å². The van der Waals surface area contributed by atoms with Gasteiger partial charge < -0.3 is 0 Å². The van der Waals surface area contributed by atoms with Gasteiger partial charge in [-0.05, 0) is 31.1 Å². The van der Waals surface area contributed by atoms with Crippen molar-refractivity contribution in [2.75, 3.05) is 24.6 Å². The molecule has 0 nitrogen and oxygen atoms in total. The maximum atomic E-state index is 2.44. The van der Waals surface area contributed by atoms with Crippen molar-refractivity contribution in [3.8, 4) is 0 Å². The topological polar surface area (TPSA) is 0 Å². The van der Waals surface area contributed by atoms with Crippen LogP contribution in [-0.4, -0.2) is 24.6 Å². The Morgan fingerprint density at radius 2 is 0.708 bits per heavy atom. The molecule has 0 fully saturated rings. The smallest absolute Gasteiger partial charge is 0.0359 e. The van der Waals surface area contributed by atoms with E-state index < -0.39 is 7.26 Å². The molecule has 0 aromatic rings. The summed E-state index contributed by atoms with van der Waals surface area (Å²) < 4.78 is 0. The molecule has 1 radical (unpaired) electrons. The molecular formula is C22H49BrP. The molecule has 0 amide bonds. The quantitative estimate of drug-likeness (QED) is 0.152. The Kier molecular flexibility index (Phi) is 22.9. The van der Waals surface area contributed by atoms with Crippen LogP contribution in [0.25, 0.3) is 0 Å². The highest BCUT2D eigenvalue weighted by Gasteiger charge is 2.19. The second-order valence-electron chi connectivity index (χ2n) is 7.61. The van der Waals surface area contributed by atoms with Crippen molar-refractivity contribution in [3.05, 3.63) is 0 Å². The minimum absolute atomic E-state index is 0. The molecule has 0 aliphatic heterocycles. The van der Waals surface area contributed by atoms with E-state index in [-0.39, 0.29) is 17.0 Å². The fraction of sp³-hybridized carbons (Fsp3) is 1.00. The Bertz CT molecular complexity index is 218. The molecule has 0 saturated heterocycles. The van der Waals surface area contributed by atoms with Gasteiger partial charge in [-0.3, -0.25) is 0 Å². The molecule has 0 atom stereocenters. The lowest BCUT2D eigenvalue weighted by atomic mass is 10.0. The van der Waals surface area contributed by atoms with Crippen LogP contribution in [0.1, 0.15) is 118 Å². The van der Waals surface area contributed by atoms with Crippen LogP contribution in [0, 0.1) is 0 Å². The van der Waals surface area contributed by atoms with Gasteiger partial charge >= 0.3 is 0 Å². The van der Waals surface area contributed by atoms with E-state index in [1.165, 1.54) is 108 Å². The van der Waals surface area contributed by atoms with Gasteiger partial charge in [0.15, 0.2) is 0 Å². The monoisotopic (exact) mass is 423 g/mol. The van der Waals surface area contributed by atoms with Gasteiger partial charge in [-0.15, -0.1) is 24.2 Å². The van der Waals surface area contributed by atoms with Gasteiger partial charge in [-0.2, -0.15) is 0 Å². The number of unbranched alkanes of at least 4 members (excludes halogenated alkanes) is 13. The fourth-order valence-corrected chi connectivity index (χ4v) is 6.97. The average molecular weight is 425 g/mol. The van der Waals surface area contributed by atoms with Crippen molar-refractivity contribution >= 4 is 24.2 Å². The number of halogens is 1. The van der Waals surface area contributed by atoms with Gasteiger partial charge in [0.1, 0.15) is 0 Å². The standard InChI is InChI=1S/C22H48P.BrH/c1-5-9-10-11-12-13-14-15-16-17-18-19-20-21-22-23(6-2,7-3)8-4;/h5-22H2,1-4H3;1H. The largest absolute Gasteiger partial charge is 0.126 e. The van der Waals surface area contributed by atoms with Crippen LogP contribution < -0.4 is 0 Å². The third-order valence-electron chi connectivity index (χ3n) is 6.00. The molecule has 0 spiro atoms. The average Bonchev–Trinajstić information content (AvgIpc) is 2.59. The Morgan fingerprint density at radius 1 is 0.417 bits per heavy atom. The van der Waals surface area contributed by atoms with E-state index in [0.29, 0.717) is 0 Å². The van der Waals surface area contributed by atoms with Crippen molar-refractivity contribution in [2.24, 2.45) is 0 Å². The van der Waals surface area contributed by atoms with E-state index in [4.69, 9.17) is 0 Å². The molecule has 0 bridgehead atoms. The van der Waals surface area contributed by atoms with Gasteiger partial charge in [0, 0.05) is 0 Å². The minimum Gasteiger partial charge on any atom is -0.126 e. The third-order valence-corrected chi connectivity index (χ3v) is 11.3. The predicted molar refractivity (Wildman–Crippen MR) is 124 cm³/mol. The number of rotatable bonds is 18. The van der Waals surface area contributed by atoms with Gasteiger partial charge in [-0.25, -0.2) is 0 Å². The predicted octanol–water partition coefficient (Wildman–Crippen LogP) is 9.12. The Morgan fingerprint density at radius 3 is 1.00 bits per heavy atom. The molecule has 2 heteroatoms. The van der Waals surface area contributed by atoms with Crippen LogP contribution in [0.2, 0.25) is 0 Å². The molecule has 0 saturated carbocycles. The minimum atomic E-state index is -0.523. The summed E-state index contributed by atoms with van der Waals surface area (Å²) in [5.41, 5.74) is 0. The number of hydrogen-bond acceptors (Lipinski definition) is 0. The Hall–Kier alpha value is 0.910. The molecule has 0 aliphatic carbocycles. The van der Waals surface area contributed by atoms with Gasteiger partial charge in [0.25, 0.3) is 0 Å². The summed E-state index contributed by atoms with van der Waals surface area (Å²) in [4.78, 5) is 0. The molecule has 0 aliphatic rings. The summed E-state index contributed by atoms with van der Waals surface area (Å²) in [5, 5.41) is 0. The zero-order valence-electron chi connectivity index (χ0n) is 17.6. The van der Waals surface area contributed by atoms with Crippen LogP contribution in [0.5, 0.6) is 0 Å². The maximum absolute atomic E-state index is 2.44. The van der Waals surface area contributed by atoms with Crippen molar-refractivity contribution < 1.29 is 0 Å². The van der Waals surface area contributed by atoms with Gasteiger partial charge in [-0.1, -0.05) is 111 Å². The molecule has 24 heavy (non-hydrogen) atoms. The fourth-order valence-electron chi connectivity index (χ4n) is 3.79.